The Morgan fingerprint density at radius 1 is 1.56 bits per heavy atom. The molecule has 3 N–H and O–H groups in total. The van der Waals surface area contributed by atoms with Gasteiger partial charge in [0.1, 0.15) is 6.10 Å². The number of hydrogen-bond donors (Lipinski definition) is 3. The van der Waals surface area contributed by atoms with E-state index in [0.29, 0.717) is 0 Å². The molecule has 2 unspecified atom stereocenters. The molecule has 0 aliphatic carbocycles. The molecule has 1 rings (SSSR count). The number of nitrogens with zero attached hydrogens (tertiary/aromatic N) is 2. The van der Waals surface area contributed by atoms with E-state index in [2.05, 4.69) is 4.98 Å². The molecule has 8 heteroatoms. The van der Waals surface area contributed by atoms with Gasteiger partial charge in [-0.2, -0.15) is 0 Å². The summed E-state index contributed by atoms with van der Waals surface area (Å²) in [6.45, 7) is -0.302. The highest BCUT2D eigenvalue weighted by atomic mass is 16.6. The van der Waals surface area contributed by atoms with E-state index >= 15 is 0 Å². The van der Waals surface area contributed by atoms with E-state index < -0.39 is 22.8 Å². The first-order valence-corrected chi connectivity index (χ1v) is 5.16. The van der Waals surface area contributed by atoms with Gasteiger partial charge in [-0.05, 0) is 6.42 Å². The molecule has 1 heterocycles. The number of pyridine rings is 1. The molecule has 0 aliphatic heterocycles. The third kappa shape index (κ3) is 3.13. The minimum absolute atomic E-state index is 0.0407. The Bertz CT molecular complexity index is 425. The summed E-state index contributed by atoms with van der Waals surface area (Å²) >= 11 is 0. The standard InChI is InChI=1S/C10H14N2O6/c1-18-10-7(12(16)17)4-6(5-11-10)9(15)8(14)2-3-13/h4-5,8-9,13-15H,2-3H2,1H3. The molecule has 0 radical (unpaired) electrons. The van der Waals surface area contributed by atoms with Crippen molar-refractivity contribution in [3.63, 3.8) is 0 Å². The molecule has 0 amide bonds. The zero-order chi connectivity index (χ0) is 13.7. The van der Waals surface area contributed by atoms with Gasteiger partial charge in [0, 0.05) is 24.4 Å². The third-order valence-electron chi connectivity index (χ3n) is 2.37. The molecule has 8 nitrogen and oxygen atoms in total. The fourth-order valence-corrected chi connectivity index (χ4v) is 1.42. The van der Waals surface area contributed by atoms with Crippen LogP contribution < -0.4 is 4.74 Å². The lowest BCUT2D eigenvalue weighted by Gasteiger charge is -2.16. The summed E-state index contributed by atoms with van der Waals surface area (Å²) in [5.74, 6) is -0.174. The summed E-state index contributed by atoms with van der Waals surface area (Å²) < 4.78 is 4.71. The van der Waals surface area contributed by atoms with Gasteiger partial charge in [-0.1, -0.05) is 0 Å². The van der Waals surface area contributed by atoms with Crippen molar-refractivity contribution in [2.45, 2.75) is 18.6 Å². The Morgan fingerprint density at radius 3 is 2.72 bits per heavy atom. The van der Waals surface area contributed by atoms with Crippen LogP contribution in [0.25, 0.3) is 0 Å². The SMILES string of the molecule is COc1ncc(C(O)C(O)CCO)cc1[N+](=O)[O-]. The van der Waals surface area contributed by atoms with Crippen molar-refractivity contribution < 1.29 is 25.0 Å². The number of aliphatic hydroxyl groups excluding tert-OH is 3. The fraction of sp³-hybridized carbons (Fsp3) is 0.500. The number of methoxy groups -OCH3 is 1. The Kier molecular flexibility index (Phi) is 4.95. The molecular weight excluding hydrogens is 244 g/mol. The number of rotatable bonds is 6. The Hall–Kier alpha value is -1.77. The van der Waals surface area contributed by atoms with Crippen molar-refractivity contribution in [1.82, 2.24) is 4.98 Å². The third-order valence-corrected chi connectivity index (χ3v) is 2.37. The second kappa shape index (κ2) is 6.24. The zero-order valence-corrected chi connectivity index (χ0v) is 9.68. The topological polar surface area (TPSA) is 126 Å². The first-order valence-electron chi connectivity index (χ1n) is 5.16. The molecule has 2 atom stereocenters. The zero-order valence-electron chi connectivity index (χ0n) is 9.68. The number of aromatic nitrogens is 1. The van der Waals surface area contributed by atoms with Gasteiger partial charge in [0.15, 0.2) is 0 Å². The van der Waals surface area contributed by atoms with Crippen LogP contribution in [0.4, 0.5) is 5.69 Å². The van der Waals surface area contributed by atoms with E-state index in [-0.39, 0.29) is 24.5 Å². The second-order valence-corrected chi connectivity index (χ2v) is 3.58. The minimum Gasteiger partial charge on any atom is -0.476 e. The van der Waals surface area contributed by atoms with Crippen LogP contribution in [-0.4, -0.2) is 45.0 Å². The largest absolute Gasteiger partial charge is 0.476 e. The maximum Gasteiger partial charge on any atom is 0.331 e. The number of hydrogen-bond acceptors (Lipinski definition) is 7. The Labute approximate surface area is 103 Å². The molecule has 0 aromatic carbocycles. The van der Waals surface area contributed by atoms with Crippen LogP contribution in [0, 0.1) is 10.1 Å². The van der Waals surface area contributed by atoms with Crippen molar-refractivity contribution >= 4 is 5.69 Å². The number of nitro groups is 1. The maximum absolute atomic E-state index is 10.8. The lowest BCUT2D eigenvalue weighted by Crippen LogP contribution is -2.19. The van der Waals surface area contributed by atoms with Crippen LogP contribution in [-0.2, 0) is 0 Å². The molecule has 0 bridgehead atoms. The molecule has 100 valence electrons. The van der Waals surface area contributed by atoms with Gasteiger partial charge in [-0.25, -0.2) is 4.98 Å². The van der Waals surface area contributed by atoms with Crippen LogP contribution in [0.2, 0.25) is 0 Å². The molecule has 1 aromatic rings. The predicted octanol–water partition coefficient (Wildman–Crippen LogP) is -0.225. The molecule has 0 aliphatic rings. The van der Waals surface area contributed by atoms with Gasteiger partial charge in [0.2, 0.25) is 0 Å². The van der Waals surface area contributed by atoms with E-state index in [9.17, 15) is 20.3 Å². The first kappa shape index (κ1) is 14.3. The van der Waals surface area contributed by atoms with Crippen LogP contribution in [0.15, 0.2) is 12.3 Å². The lowest BCUT2D eigenvalue weighted by atomic mass is 10.0. The molecule has 0 saturated carbocycles. The van der Waals surface area contributed by atoms with Crippen molar-refractivity contribution in [2.24, 2.45) is 0 Å². The van der Waals surface area contributed by atoms with E-state index in [4.69, 9.17) is 9.84 Å². The van der Waals surface area contributed by atoms with Gasteiger partial charge >= 0.3 is 5.69 Å². The van der Waals surface area contributed by atoms with E-state index in [0.717, 1.165) is 6.07 Å². The maximum atomic E-state index is 10.8. The smallest absolute Gasteiger partial charge is 0.331 e. The molecule has 0 saturated heterocycles. The number of ether oxygens (including phenoxy) is 1. The lowest BCUT2D eigenvalue weighted by molar-refractivity contribution is -0.386. The predicted molar refractivity (Wildman–Crippen MR) is 60.1 cm³/mol. The quantitative estimate of drug-likeness (QED) is 0.475. The molecular formula is C10H14N2O6. The summed E-state index contributed by atoms with van der Waals surface area (Å²) in [5.41, 5.74) is -0.311. The van der Waals surface area contributed by atoms with Crippen molar-refractivity contribution in [3.8, 4) is 5.88 Å². The second-order valence-electron chi connectivity index (χ2n) is 3.58. The van der Waals surface area contributed by atoms with Crippen molar-refractivity contribution in [1.29, 1.82) is 0 Å². The van der Waals surface area contributed by atoms with E-state index in [1.807, 2.05) is 0 Å². The summed E-state index contributed by atoms with van der Waals surface area (Å²) in [6, 6.07) is 1.08. The van der Waals surface area contributed by atoms with Crippen LogP contribution >= 0.6 is 0 Å². The van der Waals surface area contributed by atoms with Gasteiger partial charge in [0.05, 0.1) is 18.1 Å². The highest BCUT2D eigenvalue weighted by molar-refractivity contribution is 5.43. The van der Waals surface area contributed by atoms with Gasteiger partial charge in [-0.15, -0.1) is 0 Å². The highest BCUT2D eigenvalue weighted by Gasteiger charge is 2.23. The summed E-state index contributed by atoms with van der Waals surface area (Å²) in [4.78, 5) is 13.7. The Balaban J connectivity index is 3.04. The summed E-state index contributed by atoms with van der Waals surface area (Å²) in [6.07, 6.45) is -1.43. The van der Waals surface area contributed by atoms with Crippen LogP contribution in [0.5, 0.6) is 5.88 Å². The summed E-state index contributed by atoms with van der Waals surface area (Å²) in [5, 5.41) is 38.6. The number of aliphatic hydroxyl groups is 3. The minimum atomic E-state index is -1.35. The van der Waals surface area contributed by atoms with Gasteiger partial charge in [0.25, 0.3) is 5.88 Å². The normalized spacial score (nSPS) is 14.0. The van der Waals surface area contributed by atoms with Gasteiger partial charge < -0.3 is 20.1 Å². The average Bonchev–Trinajstić information content (AvgIpc) is 2.37. The van der Waals surface area contributed by atoms with Crippen LogP contribution in [0.1, 0.15) is 18.1 Å². The fourth-order valence-electron chi connectivity index (χ4n) is 1.42. The molecule has 1 aromatic heterocycles. The molecule has 18 heavy (non-hydrogen) atoms. The molecule has 0 fully saturated rings. The van der Waals surface area contributed by atoms with Crippen molar-refractivity contribution in [2.75, 3.05) is 13.7 Å². The first-order chi connectivity index (χ1) is 8.51. The van der Waals surface area contributed by atoms with Crippen molar-refractivity contribution in [3.05, 3.63) is 27.9 Å². The van der Waals surface area contributed by atoms with E-state index in [1.54, 1.807) is 0 Å². The Morgan fingerprint density at radius 2 is 2.22 bits per heavy atom. The van der Waals surface area contributed by atoms with Gasteiger partial charge in [-0.3, -0.25) is 10.1 Å². The highest BCUT2D eigenvalue weighted by Crippen LogP contribution is 2.28. The summed E-state index contributed by atoms with van der Waals surface area (Å²) in [7, 11) is 1.24. The monoisotopic (exact) mass is 258 g/mol. The van der Waals surface area contributed by atoms with Crippen LogP contribution in [0.3, 0.4) is 0 Å². The average molecular weight is 258 g/mol. The van der Waals surface area contributed by atoms with E-state index in [1.165, 1.54) is 13.3 Å². The molecule has 0 spiro atoms.